The number of nitrogens with one attached hydrogen (secondary N) is 1. The zero-order valence-corrected chi connectivity index (χ0v) is 14.5. The first-order chi connectivity index (χ1) is 12.3. The summed E-state index contributed by atoms with van der Waals surface area (Å²) >= 11 is 0. The molecule has 1 N–H and O–H groups in total. The molecule has 2 fully saturated rings. The Balaban J connectivity index is 1.36. The third-order valence-electron chi connectivity index (χ3n) is 5.30. The number of hydrogen-bond acceptors (Lipinski definition) is 4. The van der Waals surface area contributed by atoms with Crippen LogP contribution in [0.25, 0.3) is 0 Å². The van der Waals surface area contributed by atoms with Crippen LogP contribution < -0.4 is 5.32 Å². The van der Waals surface area contributed by atoms with E-state index in [4.69, 9.17) is 0 Å². The van der Waals surface area contributed by atoms with Crippen LogP contribution in [0.2, 0.25) is 0 Å². The van der Waals surface area contributed by atoms with Crippen LogP contribution in [0, 0.1) is 5.92 Å². The molecule has 1 saturated heterocycles. The summed E-state index contributed by atoms with van der Waals surface area (Å²) in [7, 11) is 0. The normalized spacial score (nSPS) is 21.0. The average Bonchev–Trinajstić information content (AvgIpc) is 3.11. The highest BCUT2D eigenvalue weighted by Gasteiger charge is 2.25. The summed E-state index contributed by atoms with van der Waals surface area (Å²) in [5.74, 6) is 1.45. The number of carbonyl (C=O) groups excluding carboxylic acids is 1. The summed E-state index contributed by atoms with van der Waals surface area (Å²) in [5.41, 5.74) is 0.683. The van der Waals surface area contributed by atoms with E-state index in [9.17, 15) is 4.79 Å². The standard InChI is InChI=1S/C19H25N5O/c25-19(16-6-7-18(21-11-16)22-17-4-1-5-17)24-9-2-3-15(13-24)12-23-10-8-20-14-23/h6-8,10-11,14-15,17H,1-5,9,12-13H2,(H,21,22). The predicted octanol–water partition coefficient (Wildman–Crippen LogP) is 2.79. The number of pyridine rings is 1. The van der Waals surface area contributed by atoms with Gasteiger partial charge in [-0.25, -0.2) is 9.97 Å². The fraction of sp³-hybridized carbons (Fsp3) is 0.526. The van der Waals surface area contributed by atoms with E-state index in [0.29, 0.717) is 17.5 Å². The van der Waals surface area contributed by atoms with Crippen molar-refractivity contribution in [2.75, 3.05) is 18.4 Å². The smallest absolute Gasteiger partial charge is 0.255 e. The first kappa shape index (κ1) is 16.1. The molecule has 0 spiro atoms. The number of carbonyl (C=O) groups is 1. The molecule has 1 atom stereocenters. The van der Waals surface area contributed by atoms with Crippen molar-refractivity contribution in [3.63, 3.8) is 0 Å². The Labute approximate surface area is 148 Å². The van der Waals surface area contributed by atoms with Gasteiger partial charge in [0.25, 0.3) is 5.91 Å². The number of nitrogens with zero attached hydrogens (tertiary/aromatic N) is 4. The Morgan fingerprint density at radius 3 is 2.84 bits per heavy atom. The molecular weight excluding hydrogens is 314 g/mol. The third kappa shape index (κ3) is 3.83. The van der Waals surface area contributed by atoms with Gasteiger partial charge in [-0.3, -0.25) is 4.79 Å². The van der Waals surface area contributed by atoms with Gasteiger partial charge in [-0.1, -0.05) is 0 Å². The molecule has 4 rings (SSSR count). The Hall–Kier alpha value is -2.37. The summed E-state index contributed by atoms with van der Waals surface area (Å²) in [5, 5.41) is 3.41. The second kappa shape index (κ2) is 7.25. The highest BCUT2D eigenvalue weighted by Crippen LogP contribution is 2.23. The summed E-state index contributed by atoms with van der Waals surface area (Å²) < 4.78 is 2.10. The highest BCUT2D eigenvalue weighted by atomic mass is 16.2. The Kier molecular flexibility index (Phi) is 4.68. The molecule has 25 heavy (non-hydrogen) atoms. The van der Waals surface area contributed by atoms with Gasteiger partial charge in [0.2, 0.25) is 0 Å². The molecule has 1 unspecified atom stereocenters. The van der Waals surface area contributed by atoms with E-state index in [2.05, 4.69) is 19.9 Å². The average molecular weight is 339 g/mol. The van der Waals surface area contributed by atoms with Crippen LogP contribution in [0.3, 0.4) is 0 Å². The lowest BCUT2D eigenvalue weighted by atomic mass is 9.93. The monoisotopic (exact) mass is 339 g/mol. The fourth-order valence-corrected chi connectivity index (χ4v) is 3.64. The van der Waals surface area contributed by atoms with E-state index >= 15 is 0 Å². The van der Waals surface area contributed by atoms with Crippen molar-refractivity contribution in [3.05, 3.63) is 42.6 Å². The Bertz CT molecular complexity index is 693. The van der Waals surface area contributed by atoms with Gasteiger partial charge in [-0.2, -0.15) is 0 Å². The maximum atomic E-state index is 12.8. The number of anilines is 1. The molecule has 6 nitrogen and oxygen atoms in total. The predicted molar refractivity (Wildman–Crippen MR) is 96.4 cm³/mol. The van der Waals surface area contributed by atoms with Crippen molar-refractivity contribution in [2.24, 2.45) is 5.92 Å². The zero-order chi connectivity index (χ0) is 17.1. The van der Waals surface area contributed by atoms with Crippen LogP contribution in [0.5, 0.6) is 0 Å². The molecule has 1 amide bonds. The van der Waals surface area contributed by atoms with Crippen LogP contribution in [0.15, 0.2) is 37.1 Å². The maximum Gasteiger partial charge on any atom is 0.255 e. The molecule has 0 radical (unpaired) electrons. The van der Waals surface area contributed by atoms with Crippen molar-refractivity contribution in [2.45, 2.75) is 44.7 Å². The number of aromatic nitrogens is 3. The minimum absolute atomic E-state index is 0.0954. The molecule has 2 aliphatic rings. The van der Waals surface area contributed by atoms with Gasteiger partial charge in [0.1, 0.15) is 5.82 Å². The molecule has 1 aliphatic heterocycles. The van der Waals surface area contributed by atoms with Gasteiger partial charge in [-0.15, -0.1) is 0 Å². The number of hydrogen-bond donors (Lipinski definition) is 1. The van der Waals surface area contributed by atoms with Gasteiger partial charge in [-0.05, 0) is 50.2 Å². The summed E-state index contributed by atoms with van der Waals surface area (Å²) in [4.78, 5) is 23.3. The maximum absolute atomic E-state index is 12.8. The van der Waals surface area contributed by atoms with Crippen LogP contribution in [-0.2, 0) is 6.54 Å². The highest BCUT2D eigenvalue weighted by molar-refractivity contribution is 5.94. The van der Waals surface area contributed by atoms with E-state index in [1.165, 1.54) is 19.3 Å². The van der Waals surface area contributed by atoms with E-state index in [-0.39, 0.29) is 5.91 Å². The molecule has 6 heteroatoms. The lowest BCUT2D eigenvalue weighted by Crippen LogP contribution is -2.41. The zero-order valence-electron chi connectivity index (χ0n) is 14.5. The second-order valence-electron chi connectivity index (χ2n) is 7.22. The Morgan fingerprint density at radius 1 is 1.24 bits per heavy atom. The Morgan fingerprint density at radius 2 is 2.16 bits per heavy atom. The largest absolute Gasteiger partial charge is 0.367 e. The lowest BCUT2D eigenvalue weighted by Gasteiger charge is -2.33. The van der Waals surface area contributed by atoms with Crippen molar-refractivity contribution in [1.29, 1.82) is 0 Å². The van der Waals surface area contributed by atoms with E-state index in [1.54, 1.807) is 12.4 Å². The summed E-state index contributed by atoms with van der Waals surface area (Å²) in [6.45, 7) is 2.56. The number of piperidine rings is 1. The van der Waals surface area contributed by atoms with Crippen LogP contribution >= 0.6 is 0 Å². The molecule has 2 aromatic rings. The topological polar surface area (TPSA) is 63.1 Å². The van der Waals surface area contributed by atoms with Crippen molar-refractivity contribution < 1.29 is 4.79 Å². The summed E-state index contributed by atoms with van der Waals surface area (Å²) in [6, 6.07) is 4.38. The molecule has 0 aromatic carbocycles. The van der Waals surface area contributed by atoms with Crippen molar-refractivity contribution in [1.82, 2.24) is 19.4 Å². The van der Waals surface area contributed by atoms with E-state index < -0.39 is 0 Å². The molecule has 3 heterocycles. The molecule has 132 valence electrons. The number of likely N-dealkylation sites (tertiary alicyclic amines) is 1. The minimum atomic E-state index is 0.0954. The summed E-state index contributed by atoms with van der Waals surface area (Å²) in [6.07, 6.45) is 13.3. The van der Waals surface area contributed by atoms with Gasteiger partial charge in [0, 0.05) is 44.3 Å². The first-order valence-electron chi connectivity index (χ1n) is 9.25. The van der Waals surface area contributed by atoms with Gasteiger partial charge in [0.05, 0.1) is 11.9 Å². The van der Waals surface area contributed by atoms with Gasteiger partial charge >= 0.3 is 0 Å². The third-order valence-corrected chi connectivity index (χ3v) is 5.30. The molecule has 1 saturated carbocycles. The first-order valence-corrected chi connectivity index (χ1v) is 9.25. The van der Waals surface area contributed by atoms with E-state index in [0.717, 1.165) is 38.3 Å². The molecule has 1 aliphatic carbocycles. The molecule has 0 bridgehead atoms. The molecule has 2 aromatic heterocycles. The molecular formula is C19H25N5O. The quantitative estimate of drug-likeness (QED) is 0.910. The van der Waals surface area contributed by atoms with Crippen molar-refractivity contribution >= 4 is 11.7 Å². The van der Waals surface area contributed by atoms with Crippen LogP contribution in [0.4, 0.5) is 5.82 Å². The van der Waals surface area contributed by atoms with E-state index in [1.807, 2.05) is 29.6 Å². The second-order valence-corrected chi connectivity index (χ2v) is 7.22. The number of amides is 1. The van der Waals surface area contributed by atoms with Gasteiger partial charge < -0.3 is 14.8 Å². The number of rotatable bonds is 5. The van der Waals surface area contributed by atoms with Crippen LogP contribution in [-0.4, -0.2) is 44.5 Å². The van der Waals surface area contributed by atoms with Gasteiger partial charge in [0.15, 0.2) is 0 Å². The fourth-order valence-electron chi connectivity index (χ4n) is 3.64. The van der Waals surface area contributed by atoms with Crippen LogP contribution in [0.1, 0.15) is 42.5 Å². The lowest BCUT2D eigenvalue weighted by molar-refractivity contribution is 0.0662. The van der Waals surface area contributed by atoms with Crippen molar-refractivity contribution in [3.8, 4) is 0 Å². The number of imidazole rings is 1. The SMILES string of the molecule is O=C(c1ccc(NC2CCC2)nc1)N1CCCC(Cn2ccnc2)C1. The minimum Gasteiger partial charge on any atom is -0.367 e.